The third-order valence-electron chi connectivity index (χ3n) is 6.98. The van der Waals surface area contributed by atoms with Crippen LogP contribution in [0.5, 0.6) is 5.75 Å². The summed E-state index contributed by atoms with van der Waals surface area (Å²) in [6.45, 7) is -1.65. The van der Waals surface area contributed by atoms with Gasteiger partial charge in [0.25, 0.3) is 5.91 Å². The van der Waals surface area contributed by atoms with Crippen LogP contribution in [-0.2, 0) is 25.9 Å². The molecule has 0 saturated heterocycles. The van der Waals surface area contributed by atoms with Crippen molar-refractivity contribution in [1.82, 2.24) is 5.32 Å². The zero-order valence-electron chi connectivity index (χ0n) is 23.9. The number of benzene rings is 3. The Morgan fingerprint density at radius 1 is 1.09 bits per heavy atom. The molecule has 3 aromatic carbocycles. The number of aliphatic hydroxyl groups is 1. The van der Waals surface area contributed by atoms with Gasteiger partial charge in [0.15, 0.2) is 21.5 Å². The van der Waals surface area contributed by atoms with Gasteiger partial charge in [-0.05, 0) is 53.1 Å². The van der Waals surface area contributed by atoms with Gasteiger partial charge in [-0.15, -0.1) is 0 Å². The van der Waals surface area contributed by atoms with Gasteiger partial charge in [0, 0.05) is 29.9 Å². The van der Waals surface area contributed by atoms with Gasteiger partial charge in [-0.2, -0.15) is 13.2 Å². The Kier molecular flexibility index (Phi) is 10.7. The highest BCUT2D eigenvalue weighted by molar-refractivity contribution is 7.91. The van der Waals surface area contributed by atoms with Gasteiger partial charge in [-0.1, -0.05) is 47.6 Å². The van der Waals surface area contributed by atoms with Crippen LogP contribution in [0.2, 0.25) is 0 Å². The number of halogens is 3. The molecule has 0 bridgehead atoms. The molecule has 1 aliphatic heterocycles. The lowest BCUT2D eigenvalue weighted by Crippen LogP contribution is -2.51. The van der Waals surface area contributed by atoms with Gasteiger partial charge in [0.2, 0.25) is 5.90 Å². The average molecular weight is 646 g/mol. The summed E-state index contributed by atoms with van der Waals surface area (Å²) in [5.41, 5.74) is 7.79. The molecule has 0 radical (unpaired) electrons. The number of nitrogens with one attached hydrogen (secondary N) is 1. The van der Waals surface area contributed by atoms with Crippen molar-refractivity contribution in [2.75, 3.05) is 25.5 Å². The van der Waals surface area contributed by atoms with E-state index in [0.29, 0.717) is 23.3 Å². The second-order valence-electron chi connectivity index (χ2n) is 10.1. The van der Waals surface area contributed by atoms with Crippen LogP contribution in [0, 0.1) is 0 Å². The fourth-order valence-corrected chi connectivity index (χ4v) is 6.15. The molecule has 4 rings (SSSR count). The molecule has 0 aromatic heterocycles. The summed E-state index contributed by atoms with van der Waals surface area (Å²) in [6.07, 6.45) is -6.28. The molecular formula is C30H30F3N5O6S. The van der Waals surface area contributed by atoms with E-state index in [1.807, 2.05) is 5.32 Å². The number of hydrogen-bond acceptors (Lipinski definition) is 8. The van der Waals surface area contributed by atoms with E-state index in [2.05, 4.69) is 15.0 Å². The van der Waals surface area contributed by atoms with Crippen molar-refractivity contribution in [3.63, 3.8) is 0 Å². The second kappa shape index (κ2) is 14.5. The van der Waals surface area contributed by atoms with Crippen LogP contribution in [0.1, 0.15) is 35.6 Å². The number of hydrogen-bond donors (Lipinski definition) is 2. The highest BCUT2D eigenvalue weighted by Gasteiger charge is 2.54. The van der Waals surface area contributed by atoms with Gasteiger partial charge < -0.3 is 19.9 Å². The summed E-state index contributed by atoms with van der Waals surface area (Å²) in [5.74, 6) is -1.49. The minimum absolute atomic E-state index is 0.0314. The van der Waals surface area contributed by atoms with Crippen LogP contribution in [0.3, 0.4) is 0 Å². The van der Waals surface area contributed by atoms with Gasteiger partial charge in [-0.3, -0.25) is 4.79 Å². The highest BCUT2D eigenvalue weighted by Crippen LogP contribution is 2.44. The first-order valence-electron chi connectivity index (χ1n) is 13.8. The molecule has 0 unspecified atom stereocenters. The number of amides is 1. The largest absolute Gasteiger partial charge is 0.494 e. The average Bonchev–Trinajstić information content (AvgIpc) is 3.43. The van der Waals surface area contributed by atoms with Crippen molar-refractivity contribution >= 4 is 21.6 Å². The van der Waals surface area contributed by atoms with Crippen LogP contribution in [0.25, 0.3) is 10.4 Å². The molecule has 238 valence electrons. The number of rotatable bonds is 14. The molecule has 0 fully saturated rings. The molecule has 0 aliphatic carbocycles. The van der Waals surface area contributed by atoms with Crippen molar-refractivity contribution in [3.8, 4) is 5.75 Å². The summed E-state index contributed by atoms with van der Waals surface area (Å²) in [6, 6.07) is 20.2. The maximum absolute atomic E-state index is 13.8. The molecule has 2 N–H and O–H groups in total. The van der Waals surface area contributed by atoms with Gasteiger partial charge >= 0.3 is 6.18 Å². The number of azide groups is 1. The van der Waals surface area contributed by atoms with E-state index in [4.69, 9.17) is 20.1 Å². The van der Waals surface area contributed by atoms with E-state index in [-0.39, 0.29) is 36.1 Å². The van der Waals surface area contributed by atoms with E-state index in [1.165, 1.54) is 24.3 Å². The number of nitrogens with zero attached hydrogens (tertiary/aromatic N) is 4. The lowest BCUT2D eigenvalue weighted by Gasteiger charge is -2.31. The predicted octanol–water partition coefficient (Wildman–Crippen LogP) is 5.06. The Morgan fingerprint density at radius 3 is 2.44 bits per heavy atom. The van der Waals surface area contributed by atoms with E-state index in [1.54, 1.807) is 54.6 Å². The molecule has 0 spiro atoms. The summed E-state index contributed by atoms with van der Waals surface area (Å²) in [5, 5.41) is 14.5. The van der Waals surface area contributed by atoms with Crippen molar-refractivity contribution in [1.29, 1.82) is 0 Å². The van der Waals surface area contributed by atoms with Gasteiger partial charge in [0.05, 0.1) is 23.8 Å². The number of aliphatic hydroxyl groups excluding tert-OH is 1. The monoisotopic (exact) mass is 645 g/mol. The molecule has 1 aliphatic rings. The van der Waals surface area contributed by atoms with E-state index >= 15 is 0 Å². The number of carbonyl (C=O) groups excluding carboxylic acids is 1. The van der Waals surface area contributed by atoms with Crippen LogP contribution in [-0.4, -0.2) is 62.6 Å². The summed E-state index contributed by atoms with van der Waals surface area (Å²) >= 11 is 0. The topological polar surface area (TPSA) is 163 Å². The Bertz CT molecular complexity index is 1660. The Morgan fingerprint density at radius 2 is 1.78 bits per heavy atom. The molecule has 3 aromatic rings. The number of sulfone groups is 1. The second-order valence-corrected chi connectivity index (χ2v) is 12.2. The van der Waals surface area contributed by atoms with Crippen LogP contribution in [0.4, 0.5) is 13.2 Å². The molecule has 45 heavy (non-hydrogen) atoms. The Balaban J connectivity index is 1.83. The maximum atomic E-state index is 13.8. The zero-order valence-corrected chi connectivity index (χ0v) is 24.7. The number of carbonyl (C=O) groups is 1. The van der Waals surface area contributed by atoms with Crippen molar-refractivity contribution in [2.45, 2.75) is 42.1 Å². The first-order valence-corrected chi connectivity index (χ1v) is 15.5. The molecule has 15 heteroatoms. The van der Waals surface area contributed by atoms with Gasteiger partial charge in [0.1, 0.15) is 12.3 Å². The quantitative estimate of drug-likeness (QED) is 0.108. The van der Waals surface area contributed by atoms with Crippen molar-refractivity contribution in [2.24, 2.45) is 10.1 Å². The van der Waals surface area contributed by atoms with Crippen LogP contribution >= 0.6 is 0 Å². The third kappa shape index (κ3) is 8.32. The lowest BCUT2D eigenvalue weighted by atomic mass is 9.83. The molecule has 11 nitrogen and oxygen atoms in total. The molecule has 2 atom stereocenters. The standard InChI is InChI=1S/C30H30F3N5O6S/c31-30(32,33)20-35-28(40)29(15-18-45(41,42)24-8-2-1-3-9-24)26(25-10-5-4-7-22(25)19-36-38-34)44-27(37-29)21-11-13-23(14-12-21)43-17-6-16-39/h1-5,7-14,26,39H,6,15-20H2,(H,35,40)/t26-,29-/m1/s1. The fourth-order valence-electron chi connectivity index (χ4n) is 4.76. The maximum Gasteiger partial charge on any atom is 0.405 e. The molecule has 0 saturated carbocycles. The van der Waals surface area contributed by atoms with E-state index in [9.17, 15) is 26.4 Å². The van der Waals surface area contributed by atoms with Crippen molar-refractivity contribution in [3.05, 3.63) is 106 Å². The third-order valence-corrected chi connectivity index (χ3v) is 8.71. The van der Waals surface area contributed by atoms with Crippen molar-refractivity contribution < 1.29 is 41.0 Å². The lowest BCUT2D eigenvalue weighted by molar-refractivity contribution is -0.143. The van der Waals surface area contributed by atoms with Crippen LogP contribution < -0.4 is 10.1 Å². The Labute approximate surface area is 257 Å². The van der Waals surface area contributed by atoms with Gasteiger partial charge in [-0.25, -0.2) is 13.4 Å². The molecule has 1 amide bonds. The summed E-state index contributed by atoms with van der Waals surface area (Å²) in [4.78, 5) is 21.1. The highest BCUT2D eigenvalue weighted by atomic mass is 32.2. The zero-order chi connectivity index (χ0) is 32.5. The normalized spacial score (nSPS) is 18.0. The SMILES string of the molecule is [N-]=[N+]=NCc1ccccc1[C@H]1OC(c2ccc(OCCCO)cc2)=N[C@@]1(CCS(=O)(=O)c1ccccc1)C(=O)NCC(F)(F)F. The first kappa shape index (κ1) is 33.3. The van der Waals surface area contributed by atoms with E-state index in [0.717, 1.165) is 0 Å². The number of ether oxygens (including phenoxy) is 2. The minimum Gasteiger partial charge on any atom is -0.494 e. The minimum atomic E-state index is -4.76. The Hall–Kier alpha value is -4.59. The fraction of sp³-hybridized carbons (Fsp3) is 0.333. The van der Waals surface area contributed by atoms with Crippen LogP contribution in [0.15, 0.2) is 93.9 Å². The summed E-state index contributed by atoms with van der Waals surface area (Å²) < 4.78 is 78.3. The summed E-state index contributed by atoms with van der Waals surface area (Å²) in [7, 11) is -4.02. The number of aliphatic imine (C=N–C) groups is 1. The predicted molar refractivity (Wildman–Crippen MR) is 158 cm³/mol. The molecular weight excluding hydrogens is 615 g/mol. The van der Waals surface area contributed by atoms with E-state index < -0.39 is 52.3 Å². The molecule has 1 heterocycles. The number of alkyl halides is 3. The smallest absolute Gasteiger partial charge is 0.405 e. The first-order chi connectivity index (χ1) is 21.5.